The number of nitrogens with one attached hydrogen (secondary N) is 1. The van der Waals surface area contributed by atoms with E-state index in [-0.39, 0.29) is 16.7 Å². The molecule has 0 saturated carbocycles. The third-order valence-electron chi connectivity index (χ3n) is 4.99. The standard InChI is InChI=1S/C22H22N6O2S/c1-14-17(21(30)28-12-8-7-11-18(28)23-14)13-19-25-26-22(27(19)3)31-15(2)20(29)24-16-9-5-4-6-10-16/h4-12,15H,13H2,1-3H3,(H,24,29)/t15-/m1/s1. The maximum absolute atomic E-state index is 12.9. The van der Waals surface area contributed by atoms with Gasteiger partial charge in [0.15, 0.2) is 5.16 Å². The fourth-order valence-electron chi connectivity index (χ4n) is 3.18. The van der Waals surface area contributed by atoms with E-state index in [0.717, 1.165) is 5.69 Å². The monoisotopic (exact) mass is 434 g/mol. The molecule has 1 N–H and O–H groups in total. The first kappa shape index (κ1) is 20.8. The van der Waals surface area contributed by atoms with Crippen molar-refractivity contribution in [1.29, 1.82) is 0 Å². The maximum Gasteiger partial charge on any atom is 0.261 e. The zero-order valence-corrected chi connectivity index (χ0v) is 18.3. The molecule has 1 aromatic carbocycles. The van der Waals surface area contributed by atoms with E-state index >= 15 is 0 Å². The average molecular weight is 435 g/mol. The second-order valence-electron chi connectivity index (χ2n) is 7.16. The Morgan fingerprint density at radius 3 is 2.65 bits per heavy atom. The number of carbonyl (C=O) groups is 1. The third kappa shape index (κ3) is 4.36. The Morgan fingerprint density at radius 2 is 1.87 bits per heavy atom. The average Bonchev–Trinajstić information content (AvgIpc) is 3.11. The number of fused-ring (bicyclic) bond motifs is 1. The minimum absolute atomic E-state index is 0.115. The Labute approximate surface area is 183 Å². The van der Waals surface area contributed by atoms with E-state index in [0.29, 0.717) is 34.3 Å². The molecule has 4 aromatic rings. The van der Waals surface area contributed by atoms with Crippen LogP contribution in [0.3, 0.4) is 0 Å². The Kier molecular flexibility index (Phi) is 5.85. The summed E-state index contributed by atoms with van der Waals surface area (Å²) in [5.74, 6) is 0.518. The molecule has 0 aliphatic rings. The minimum Gasteiger partial charge on any atom is -0.325 e. The number of rotatable bonds is 6. The van der Waals surface area contributed by atoms with Crippen LogP contribution in [0.4, 0.5) is 5.69 Å². The molecule has 0 radical (unpaired) electrons. The van der Waals surface area contributed by atoms with Gasteiger partial charge in [0.25, 0.3) is 5.56 Å². The van der Waals surface area contributed by atoms with E-state index in [1.807, 2.05) is 61.9 Å². The summed E-state index contributed by atoms with van der Waals surface area (Å²) in [6, 6.07) is 14.8. The zero-order valence-electron chi connectivity index (χ0n) is 17.4. The van der Waals surface area contributed by atoms with E-state index in [1.54, 1.807) is 18.3 Å². The van der Waals surface area contributed by atoms with Gasteiger partial charge in [-0.15, -0.1) is 10.2 Å². The molecule has 1 amide bonds. The summed E-state index contributed by atoms with van der Waals surface area (Å²) in [5, 5.41) is 11.6. The van der Waals surface area contributed by atoms with Crippen molar-refractivity contribution in [3.8, 4) is 0 Å². The van der Waals surface area contributed by atoms with Gasteiger partial charge in [0.05, 0.1) is 5.25 Å². The van der Waals surface area contributed by atoms with Crippen LogP contribution in [0.5, 0.6) is 0 Å². The van der Waals surface area contributed by atoms with Gasteiger partial charge in [0, 0.05) is 36.6 Å². The highest BCUT2D eigenvalue weighted by Gasteiger charge is 2.20. The van der Waals surface area contributed by atoms with Gasteiger partial charge in [-0.05, 0) is 38.1 Å². The molecule has 0 spiro atoms. The first-order valence-electron chi connectivity index (χ1n) is 9.81. The van der Waals surface area contributed by atoms with E-state index < -0.39 is 0 Å². The Bertz CT molecular complexity index is 1300. The number of hydrogen-bond donors (Lipinski definition) is 1. The molecule has 158 valence electrons. The van der Waals surface area contributed by atoms with Crippen LogP contribution in [0.1, 0.15) is 24.0 Å². The van der Waals surface area contributed by atoms with E-state index in [9.17, 15) is 9.59 Å². The van der Waals surface area contributed by atoms with Crippen LogP contribution in [-0.2, 0) is 18.3 Å². The topological polar surface area (TPSA) is 94.2 Å². The Hall–Kier alpha value is -3.46. The number of anilines is 1. The van der Waals surface area contributed by atoms with E-state index in [2.05, 4.69) is 20.5 Å². The molecule has 0 saturated heterocycles. The van der Waals surface area contributed by atoms with Gasteiger partial charge >= 0.3 is 0 Å². The number of benzene rings is 1. The molecule has 3 aromatic heterocycles. The number of pyridine rings is 1. The lowest BCUT2D eigenvalue weighted by atomic mass is 10.1. The second-order valence-corrected chi connectivity index (χ2v) is 8.47. The largest absolute Gasteiger partial charge is 0.325 e. The SMILES string of the molecule is Cc1nc2ccccn2c(=O)c1Cc1nnc(S[C@H](C)C(=O)Nc2ccccc2)n1C. The highest BCUT2D eigenvalue weighted by atomic mass is 32.2. The summed E-state index contributed by atoms with van der Waals surface area (Å²) in [4.78, 5) is 29.9. The summed E-state index contributed by atoms with van der Waals surface area (Å²) < 4.78 is 3.35. The number of aryl methyl sites for hydroxylation is 1. The molecular formula is C22H22N6O2S. The number of thioether (sulfide) groups is 1. The van der Waals surface area contributed by atoms with Gasteiger partial charge in [0.1, 0.15) is 11.5 Å². The summed E-state index contributed by atoms with van der Waals surface area (Å²) in [5.41, 5.74) is 2.49. The Morgan fingerprint density at radius 1 is 1.13 bits per heavy atom. The Balaban J connectivity index is 1.52. The molecule has 8 nitrogen and oxygen atoms in total. The number of aromatic nitrogens is 5. The first-order chi connectivity index (χ1) is 14.9. The molecule has 3 heterocycles. The molecule has 31 heavy (non-hydrogen) atoms. The zero-order chi connectivity index (χ0) is 22.0. The van der Waals surface area contributed by atoms with Crippen molar-refractivity contribution in [3.05, 3.63) is 82.2 Å². The number of amides is 1. The van der Waals surface area contributed by atoms with E-state index in [4.69, 9.17) is 0 Å². The minimum atomic E-state index is -0.370. The normalized spacial score (nSPS) is 12.1. The van der Waals surface area contributed by atoms with Crippen LogP contribution in [0.25, 0.3) is 5.65 Å². The highest BCUT2D eigenvalue weighted by Crippen LogP contribution is 2.23. The number of carbonyl (C=O) groups excluding carboxylic acids is 1. The van der Waals surface area contributed by atoms with Crippen LogP contribution in [0.2, 0.25) is 0 Å². The van der Waals surface area contributed by atoms with Gasteiger partial charge in [0.2, 0.25) is 5.91 Å². The highest BCUT2D eigenvalue weighted by molar-refractivity contribution is 8.00. The van der Waals surface area contributed by atoms with Gasteiger partial charge in [-0.3, -0.25) is 14.0 Å². The van der Waals surface area contributed by atoms with Crippen molar-refractivity contribution in [2.75, 3.05) is 5.32 Å². The maximum atomic E-state index is 12.9. The van der Waals surface area contributed by atoms with Crippen LogP contribution in [0, 0.1) is 6.92 Å². The van der Waals surface area contributed by atoms with Crippen molar-refractivity contribution < 1.29 is 4.79 Å². The number of para-hydroxylation sites is 1. The lowest BCUT2D eigenvalue weighted by molar-refractivity contribution is -0.115. The fourth-order valence-corrected chi connectivity index (χ4v) is 4.01. The lowest BCUT2D eigenvalue weighted by Crippen LogP contribution is -2.23. The number of nitrogens with zero attached hydrogens (tertiary/aromatic N) is 5. The summed E-state index contributed by atoms with van der Waals surface area (Å²) in [7, 11) is 1.83. The van der Waals surface area contributed by atoms with E-state index in [1.165, 1.54) is 16.2 Å². The predicted molar refractivity (Wildman–Crippen MR) is 120 cm³/mol. The molecule has 0 fully saturated rings. The summed E-state index contributed by atoms with van der Waals surface area (Å²) in [6.07, 6.45) is 2.02. The van der Waals surface area contributed by atoms with Gasteiger partial charge in [-0.2, -0.15) is 0 Å². The molecule has 9 heteroatoms. The van der Waals surface area contributed by atoms with Crippen LogP contribution >= 0.6 is 11.8 Å². The van der Waals surface area contributed by atoms with Crippen molar-refractivity contribution in [1.82, 2.24) is 24.1 Å². The van der Waals surface area contributed by atoms with Crippen molar-refractivity contribution in [2.45, 2.75) is 30.7 Å². The molecule has 0 unspecified atom stereocenters. The van der Waals surface area contributed by atoms with Crippen LogP contribution in [0.15, 0.2) is 64.7 Å². The fraction of sp³-hybridized carbons (Fsp3) is 0.227. The smallest absolute Gasteiger partial charge is 0.261 e. The number of hydrogen-bond acceptors (Lipinski definition) is 6. The lowest BCUT2D eigenvalue weighted by Gasteiger charge is -2.12. The molecule has 4 rings (SSSR count). The molecule has 1 atom stereocenters. The van der Waals surface area contributed by atoms with Gasteiger partial charge in [-0.1, -0.05) is 36.0 Å². The van der Waals surface area contributed by atoms with Crippen molar-refractivity contribution >= 4 is 29.0 Å². The molecular weight excluding hydrogens is 412 g/mol. The quantitative estimate of drug-likeness (QED) is 0.469. The first-order valence-corrected chi connectivity index (χ1v) is 10.7. The molecule has 0 aliphatic heterocycles. The molecule has 0 aliphatic carbocycles. The van der Waals surface area contributed by atoms with Crippen molar-refractivity contribution in [2.24, 2.45) is 7.05 Å². The second kappa shape index (κ2) is 8.73. The van der Waals surface area contributed by atoms with Crippen LogP contribution < -0.4 is 10.9 Å². The molecule has 0 bridgehead atoms. The summed E-state index contributed by atoms with van der Waals surface area (Å²) in [6.45, 7) is 3.65. The summed E-state index contributed by atoms with van der Waals surface area (Å²) >= 11 is 1.32. The van der Waals surface area contributed by atoms with Gasteiger partial charge < -0.3 is 9.88 Å². The third-order valence-corrected chi connectivity index (χ3v) is 6.12. The predicted octanol–water partition coefficient (Wildman–Crippen LogP) is 2.84. The van der Waals surface area contributed by atoms with Crippen LogP contribution in [-0.4, -0.2) is 35.3 Å². The van der Waals surface area contributed by atoms with Gasteiger partial charge in [-0.25, -0.2) is 4.98 Å². The van der Waals surface area contributed by atoms with Crippen molar-refractivity contribution in [3.63, 3.8) is 0 Å².